The molecule has 8 nitrogen and oxygen atoms in total. The zero-order valence-electron chi connectivity index (χ0n) is 17.7. The lowest BCUT2D eigenvalue weighted by Crippen LogP contribution is -2.66. The van der Waals surface area contributed by atoms with E-state index in [9.17, 15) is 14.0 Å². The molecule has 3 aliphatic heterocycles. The Morgan fingerprint density at radius 2 is 1.97 bits per heavy atom. The molecule has 0 N–H and O–H groups in total. The molecule has 30 heavy (non-hydrogen) atoms. The average molecular weight is 415 g/mol. The fourth-order valence-corrected chi connectivity index (χ4v) is 4.91. The SMILES string of the molecule is Cc1nc2c(cc1F)c1c(c(=O)n2C)N(C2CCOC2)C(=O)C2CN(C)C(C)CN12. The van der Waals surface area contributed by atoms with Crippen LogP contribution in [0.3, 0.4) is 0 Å². The van der Waals surface area contributed by atoms with E-state index in [0.29, 0.717) is 55.1 Å². The number of rotatable bonds is 1. The summed E-state index contributed by atoms with van der Waals surface area (Å²) in [6.45, 7) is 5.74. The first-order valence-electron chi connectivity index (χ1n) is 10.4. The molecule has 0 aliphatic carbocycles. The van der Waals surface area contributed by atoms with Gasteiger partial charge in [0.2, 0.25) is 0 Å². The number of piperazine rings is 1. The standard InChI is InChI=1S/C21H26FN5O3/c1-11-8-26-16(9-24(11)3)20(28)27(13-5-6-30-10-13)18-17(26)14-7-15(22)12(2)23-19(14)25(4)21(18)29/h7,11,13,16H,5-6,8-10H2,1-4H3. The summed E-state index contributed by atoms with van der Waals surface area (Å²) in [5.74, 6) is -0.511. The fraction of sp³-hybridized carbons (Fsp3) is 0.571. The van der Waals surface area contributed by atoms with E-state index in [1.807, 2.05) is 11.9 Å². The predicted octanol–water partition coefficient (Wildman–Crippen LogP) is 1.03. The van der Waals surface area contributed by atoms with Gasteiger partial charge in [-0.05, 0) is 33.4 Å². The Balaban J connectivity index is 1.85. The summed E-state index contributed by atoms with van der Waals surface area (Å²) < 4.78 is 21.6. The summed E-state index contributed by atoms with van der Waals surface area (Å²) in [5.41, 5.74) is 1.33. The second-order valence-corrected chi connectivity index (χ2v) is 8.67. The van der Waals surface area contributed by atoms with Gasteiger partial charge in [0.1, 0.15) is 23.2 Å². The molecule has 2 aromatic rings. The second-order valence-electron chi connectivity index (χ2n) is 8.67. The molecule has 0 spiro atoms. The second kappa shape index (κ2) is 6.75. The molecule has 5 rings (SSSR count). The van der Waals surface area contributed by atoms with Gasteiger partial charge in [0.05, 0.1) is 24.0 Å². The topological polar surface area (TPSA) is 70.9 Å². The number of pyridine rings is 2. The molecule has 2 saturated heterocycles. The van der Waals surface area contributed by atoms with Gasteiger partial charge in [-0.2, -0.15) is 0 Å². The van der Waals surface area contributed by atoms with Crippen LogP contribution in [0.15, 0.2) is 10.9 Å². The van der Waals surface area contributed by atoms with Crippen LogP contribution in [-0.2, 0) is 16.6 Å². The first-order chi connectivity index (χ1) is 14.3. The number of halogens is 1. The minimum absolute atomic E-state index is 0.0891. The van der Waals surface area contributed by atoms with Crippen LogP contribution in [-0.4, -0.2) is 71.8 Å². The van der Waals surface area contributed by atoms with Crippen LogP contribution in [0.5, 0.6) is 0 Å². The molecule has 3 aliphatic rings. The zero-order valence-corrected chi connectivity index (χ0v) is 17.7. The van der Waals surface area contributed by atoms with E-state index >= 15 is 0 Å². The van der Waals surface area contributed by atoms with Gasteiger partial charge >= 0.3 is 0 Å². The number of amides is 1. The molecule has 5 heterocycles. The van der Waals surface area contributed by atoms with Crippen LogP contribution in [0.1, 0.15) is 19.0 Å². The van der Waals surface area contributed by atoms with E-state index in [1.165, 1.54) is 10.6 Å². The van der Waals surface area contributed by atoms with Crippen molar-refractivity contribution in [1.29, 1.82) is 0 Å². The Labute approximate surface area is 173 Å². The summed E-state index contributed by atoms with van der Waals surface area (Å²) >= 11 is 0. The van der Waals surface area contributed by atoms with Crippen LogP contribution in [0.2, 0.25) is 0 Å². The number of aromatic nitrogens is 2. The first-order valence-corrected chi connectivity index (χ1v) is 10.4. The molecule has 9 heteroatoms. The highest BCUT2D eigenvalue weighted by Crippen LogP contribution is 2.42. The molecule has 3 atom stereocenters. The van der Waals surface area contributed by atoms with Crippen LogP contribution in [0.25, 0.3) is 11.0 Å². The molecule has 0 bridgehead atoms. The highest BCUT2D eigenvalue weighted by molar-refractivity contribution is 6.11. The highest BCUT2D eigenvalue weighted by Gasteiger charge is 2.47. The van der Waals surface area contributed by atoms with Gasteiger partial charge in [0.25, 0.3) is 11.5 Å². The number of hydrogen-bond donors (Lipinski definition) is 0. The smallest absolute Gasteiger partial charge is 0.278 e. The van der Waals surface area contributed by atoms with Crippen LogP contribution in [0, 0.1) is 12.7 Å². The van der Waals surface area contributed by atoms with Crippen molar-refractivity contribution >= 4 is 28.3 Å². The van der Waals surface area contributed by atoms with Crippen molar-refractivity contribution < 1.29 is 13.9 Å². The van der Waals surface area contributed by atoms with Gasteiger partial charge in [0, 0.05) is 38.2 Å². The Kier molecular flexibility index (Phi) is 4.37. The molecular weight excluding hydrogens is 389 g/mol. The number of anilines is 2. The number of carbonyl (C=O) groups excluding carboxylic acids is 1. The van der Waals surface area contributed by atoms with Crippen LogP contribution < -0.4 is 15.4 Å². The Morgan fingerprint density at radius 1 is 1.20 bits per heavy atom. The summed E-state index contributed by atoms with van der Waals surface area (Å²) in [7, 11) is 3.63. The summed E-state index contributed by atoms with van der Waals surface area (Å²) in [4.78, 5) is 37.3. The van der Waals surface area contributed by atoms with Gasteiger partial charge in [-0.1, -0.05) is 0 Å². The van der Waals surface area contributed by atoms with Gasteiger partial charge in [-0.25, -0.2) is 9.37 Å². The molecular formula is C21H26FN5O3. The third-order valence-electron chi connectivity index (χ3n) is 6.81. The minimum atomic E-state index is -0.432. The van der Waals surface area contributed by atoms with E-state index in [0.717, 1.165) is 0 Å². The number of ether oxygens (including phenoxy) is 1. The largest absolute Gasteiger partial charge is 0.379 e. The van der Waals surface area contributed by atoms with Gasteiger partial charge in [-0.3, -0.25) is 24.0 Å². The lowest BCUT2D eigenvalue weighted by Gasteiger charge is -2.50. The highest BCUT2D eigenvalue weighted by atomic mass is 19.1. The summed E-state index contributed by atoms with van der Waals surface area (Å²) in [5, 5.41) is 0.563. The molecule has 0 radical (unpaired) electrons. The van der Waals surface area contributed by atoms with Crippen molar-refractivity contribution in [2.75, 3.05) is 43.2 Å². The van der Waals surface area contributed by atoms with Crippen LogP contribution in [0.4, 0.5) is 15.8 Å². The third kappa shape index (κ3) is 2.61. The number of likely N-dealkylation sites (N-methyl/N-ethyl adjacent to an activating group) is 1. The van der Waals surface area contributed by atoms with Crippen LogP contribution >= 0.6 is 0 Å². The number of aryl methyl sites for hydroxylation is 2. The van der Waals surface area contributed by atoms with Gasteiger partial charge < -0.3 is 9.64 Å². The maximum atomic E-state index is 14.6. The quantitative estimate of drug-likeness (QED) is 0.693. The van der Waals surface area contributed by atoms with E-state index in [1.54, 1.807) is 18.9 Å². The number of hydrogen-bond acceptors (Lipinski definition) is 6. The van der Waals surface area contributed by atoms with Crippen molar-refractivity contribution in [3.05, 3.63) is 27.9 Å². The Morgan fingerprint density at radius 3 is 2.67 bits per heavy atom. The normalized spacial score (nSPS) is 27.0. The van der Waals surface area contributed by atoms with Gasteiger partial charge in [0.15, 0.2) is 0 Å². The Bertz CT molecular complexity index is 1110. The summed E-state index contributed by atoms with van der Waals surface area (Å²) in [6, 6.07) is 1.01. The Hall–Kier alpha value is -2.52. The van der Waals surface area contributed by atoms with Crippen molar-refractivity contribution in [3.8, 4) is 0 Å². The average Bonchev–Trinajstić information content (AvgIpc) is 3.23. The summed E-state index contributed by atoms with van der Waals surface area (Å²) in [6.07, 6.45) is 0.672. The van der Waals surface area contributed by atoms with Crippen molar-refractivity contribution in [2.24, 2.45) is 7.05 Å². The fourth-order valence-electron chi connectivity index (χ4n) is 4.91. The molecule has 2 aromatic heterocycles. The minimum Gasteiger partial charge on any atom is -0.379 e. The van der Waals surface area contributed by atoms with E-state index in [-0.39, 0.29) is 29.2 Å². The molecule has 0 aromatic carbocycles. The third-order valence-corrected chi connectivity index (χ3v) is 6.81. The maximum absolute atomic E-state index is 14.6. The van der Waals surface area contributed by atoms with Crippen molar-refractivity contribution in [1.82, 2.24) is 14.5 Å². The zero-order chi connectivity index (χ0) is 21.3. The molecule has 3 unspecified atom stereocenters. The monoisotopic (exact) mass is 415 g/mol. The van der Waals surface area contributed by atoms with Crippen molar-refractivity contribution in [2.45, 2.75) is 38.4 Å². The van der Waals surface area contributed by atoms with E-state index < -0.39 is 11.9 Å². The van der Waals surface area contributed by atoms with E-state index in [4.69, 9.17) is 4.74 Å². The number of carbonyl (C=O) groups is 1. The molecule has 160 valence electrons. The first kappa shape index (κ1) is 19.4. The van der Waals surface area contributed by atoms with E-state index in [2.05, 4.69) is 16.8 Å². The number of fused-ring (bicyclic) bond motifs is 5. The molecule has 0 saturated carbocycles. The van der Waals surface area contributed by atoms with Crippen molar-refractivity contribution in [3.63, 3.8) is 0 Å². The number of nitrogens with zero attached hydrogens (tertiary/aromatic N) is 5. The lowest BCUT2D eigenvalue weighted by atomic mass is 9.97. The predicted molar refractivity (Wildman–Crippen MR) is 112 cm³/mol. The molecule has 2 fully saturated rings. The molecule has 1 amide bonds. The maximum Gasteiger partial charge on any atom is 0.278 e. The lowest BCUT2D eigenvalue weighted by molar-refractivity contribution is -0.121. The van der Waals surface area contributed by atoms with Gasteiger partial charge in [-0.15, -0.1) is 0 Å².